The van der Waals surface area contributed by atoms with Gasteiger partial charge in [-0.25, -0.2) is 9.98 Å². The fourth-order valence-corrected chi connectivity index (χ4v) is 4.49. The molecule has 0 spiro atoms. The fraction of sp³-hybridized carbons (Fsp3) is 0.320. The number of hydrogen-bond acceptors (Lipinski definition) is 6. The van der Waals surface area contributed by atoms with Crippen molar-refractivity contribution in [1.29, 1.82) is 0 Å². The van der Waals surface area contributed by atoms with E-state index in [4.69, 9.17) is 9.98 Å². The number of aliphatic hydroxyl groups excluding tert-OH is 1. The maximum Gasteiger partial charge on any atom is 0.237 e. The molecule has 158 valence electrons. The van der Waals surface area contributed by atoms with Crippen LogP contribution in [-0.2, 0) is 6.42 Å². The molecule has 1 fully saturated rings. The van der Waals surface area contributed by atoms with Gasteiger partial charge in [-0.2, -0.15) is 4.99 Å². The van der Waals surface area contributed by atoms with Crippen molar-refractivity contribution >= 4 is 17.6 Å². The van der Waals surface area contributed by atoms with E-state index < -0.39 is 0 Å². The predicted molar refractivity (Wildman–Crippen MR) is 124 cm³/mol. The highest BCUT2D eigenvalue weighted by molar-refractivity contribution is 6.08. The van der Waals surface area contributed by atoms with Crippen LogP contribution in [0.1, 0.15) is 37.1 Å². The summed E-state index contributed by atoms with van der Waals surface area (Å²) in [5.41, 5.74) is 3.15. The van der Waals surface area contributed by atoms with Crippen LogP contribution < -0.4 is 0 Å². The SMILES string of the molecule is CC1=NC2=NC(N3CCC(Cc4ccccc4)CC3)=NC(c3ccccc3)N2C(O)=C1. The molecule has 0 radical (unpaired) electrons. The minimum absolute atomic E-state index is 0.129. The summed E-state index contributed by atoms with van der Waals surface area (Å²) in [4.78, 5) is 18.3. The standard InChI is InChI=1S/C25H27N5O/c1-18-16-22(31)30-23(21-10-6-3-7-11-21)27-24(28-25(30)26-18)29-14-12-20(13-15-29)17-19-8-4-2-5-9-19/h2-11,16,20,23,31H,12-15,17H2,1H3. The van der Waals surface area contributed by atoms with Gasteiger partial charge in [0.1, 0.15) is 0 Å². The molecular formula is C25H27N5O. The van der Waals surface area contributed by atoms with E-state index in [9.17, 15) is 5.11 Å². The zero-order chi connectivity index (χ0) is 21.2. The van der Waals surface area contributed by atoms with Gasteiger partial charge in [0.05, 0.1) is 0 Å². The van der Waals surface area contributed by atoms with E-state index >= 15 is 0 Å². The minimum atomic E-state index is -0.376. The van der Waals surface area contributed by atoms with Gasteiger partial charge in [0.15, 0.2) is 12.0 Å². The van der Waals surface area contributed by atoms with Crippen molar-refractivity contribution in [2.75, 3.05) is 13.1 Å². The fourth-order valence-electron chi connectivity index (χ4n) is 4.49. The largest absolute Gasteiger partial charge is 0.494 e. The van der Waals surface area contributed by atoms with Gasteiger partial charge in [0, 0.05) is 24.9 Å². The van der Waals surface area contributed by atoms with Crippen LogP contribution in [0.4, 0.5) is 0 Å². The molecule has 0 amide bonds. The molecule has 6 heteroatoms. The second kappa shape index (κ2) is 8.38. The molecule has 1 unspecified atom stereocenters. The van der Waals surface area contributed by atoms with Gasteiger partial charge in [-0.15, -0.1) is 0 Å². The zero-order valence-electron chi connectivity index (χ0n) is 17.7. The van der Waals surface area contributed by atoms with E-state index in [1.807, 2.05) is 37.3 Å². The second-order valence-corrected chi connectivity index (χ2v) is 8.37. The molecule has 0 bridgehead atoms. The topological polar surface area (TPSA) is 63.8 Å². The van der Waals surface area contributed by atoms with Crippen molar-refractivity contribution in [1.82, 2.24) is 9.80 Å². The molecule has 2 aromatic rings. The van der Waals surface area contributed by atoms with E-state index in [1.54, 1.807) is 11.0 Å². The van der Waals surface area contributed by atoms with Crippen LogP contribution in [0.2, 0.25) is 0 Å². The predicted octanol–water partition coefficient (Wildman–Crippen LogP) is 4.54. The third-order valence-corrected chi connectivity index (χ3v) is 6.12. The van der Waals surface area contributed by atoms with Crippen LogP contribution in [0.3, 0.4) is 0 Å². The van der Waals surface area contributed by atoms with Crippen LogP contribution in [0, 0.1) is 5.92 Å². The highest BCUT2D eigenvalue weighted by atomic mass is 16.3. The summed E-state index contributed by atoms with van der Waals surface area (Å²) in [7, 11) is 0. The molecule has 2 aromatic carbocycles. The third-order valence-electron chi connectivity index (χ3n) is 6.12. The van der Waals surface area contributed by atoms with E-state index in [0.717, 1.165) is 43.6 Å². The van der Waals surface area contributed by atoms with Crippen molar-refractivity contribution < 1.29 is 5.11 Å². The van der Waals surface area contributed by atoms with Gasteiger partial charge < -0.3 is 10.0 Å². The van der Waals surface area contributed by atoms with Crippen LogP contribution >= 0.6 is 0 Å². The van der Waals surface area contributed by atoms with Crippen molar-refractivity contribution in [2.45, 2.75) is 32.4 Å². The molecule has 0 aromatic heterocycles. The van der Waals surface area contributed by atoms with Gasteiger partial charge in [-0.1, -0.05) is 60.7 Å². The van der Waals surface area contributed by atoms with Crippen molar-refractivity contribution in [3.05, 3.63) is 83.7 Å². The molecule has 1 atom stereocenters. The molecule has 3 aliphatic heterocycles. The molecule has 3 aliphatic rings. The smallest absolute Gasteiger partial charge is 0.237 e. The Kier molecular flexibility index (Phi) is 5.28. The molecule has 1 N–H and O–H groups in total. The monoisotopic (exact) mass is 413 g/mol. The first-order chi connectivity index (χ1) is 15.2. The highest BCUT2D eigenvalue weighted by Gasteiger charge is 2.35. The Bertz CT molecular complexity index is 1050. The number of fused-ring (bicyclic) bond motifs is 1. The summed E-state index contributed by atoms with van der Waals surface area (Å²) in [5, 5.41) is 10.6. The Balaban J connectivity index is 1.37. The molecule has 3 heterocycles. The molecule has 0 saturated carbocycles. The van der Waals surface area contributed by atoms with E-state index in [0.29, 0.717) is 17.8 Å². The van der Waals surface area contributed by atoms with Crippen LogP contribution in [0.5, 0.6) is 0 Å². The average Bonchev–Trinajstić information content (AvgIpc) is 2.80. The number of guanidine groups is 2. The van der Waals surface area contributed by atoms with E-state index in [-0.39, 0.29) is 12.0 Å². The lowest BCUT2D eigenvalue weighted by molar-refractivity contribution is 0.219. The normalized spacial score (nSPS) is 21.6. The maximum absolute atomic E-state index is 10.6. The summed E-state index contributed by atoms with van der Waals surface area (Å²) >= 11 is 0. The second-order valence-electron chi connectivity index (χ2n) is 8.37. The molecule has 6 nitrogen and oxygen atoms in total. The Labute approximate surface area is 183 Å². The molecule has 0 aliphatic carbocycles. The van der Waals surface area contributed by atoms with Gasteiger partial charge in [0.25, 0.3) is 0 Å². The maximum atomic E-state index is 10.6. The van der Waals surface area contributed by atoms with E-state index in [2.05, 4.69) is 40.2 Å². The van der Waals surface area contributed by atoms with Crippen molar-refractivity contribution in [2.24, 2.45) is 20.9 Å². The van der Waals surface area contributed by atoms with E-state index in [1.165, 1.54) is 5.56 Å². The van der Waals surface area contributed by atoms with Gasteiger partial charge in [-0.3, -0.25) is 4.90 Å². The van der Waals surface area contributed by atoms with Crippen LogP contribution in [0.15, 0.2) is 87.6 Å². The number of allylic oxidation sites excluding steroid dienone is 1. The number of aliphatic imine (C=N–C) groups is 3. The number of benzene rings is 2. The van der Waals surface area contributed by atoms with Crippen molar-refractivity contribution in [3.63, 3.8) is 0 Å². The van der Waals surface area contributed by atoms with Gasteiger partial charge in [-0.05, 0) is 43.2 Å². The summed E-state index contributed by atoms with van der Waals surface area (Å²) in [5.74, 6) is 2.02. The molecule has 5 rings (SSSR count). The quantitative estimate of drug-likeness (QED) is 0.803. The van der Waals surface area contributed by atoms with Gasteiger partial charge in [0.2, 0.25) is 11.9 Å². The Morgan fingerprint density at radius 3 is 2.29 bits per heavy atom. The lowest BCUT2D eigenvalue weighted by Crippen LogP contribution is -2.45. The molecule has 1 saturated heterocycles. The first-order valence-electron chi connectivity index (χ1n) is 10.9. The Morgan fingerprint density at radius 2 is 1.58 bits per heavy atom. The zero-order valence-corrected chi connectivity index (χ0v) is 17.7. The lowest BCUT2D eigenvalue weighted by atomic mass is 9.90. The Hall–Kier alpha value is -3.41. The number of rotatable bonds is 3. The molecule has 31 heavy (non-hydrogen) atoms. The lowest BCUT2D eigenvalue weighted by Gasteiger charge is -2.38. The Morgan fingerprint density at radius 1 is 0.903 bits per heavy atom. The van der Waals surface area contributed by atoms with Crippen LogP contribution in [0.25, 0.3) is 0 Å². The van der Waals surface area contributed by atoms with Crippen LogP contribution in [-0.4, -0.2) is 45.6 Å². The van der Waals surface area contributed by atoms with Gasteiger partial charge >= 0.3 is 0 Å². The number of nitrogens with zero attached hydrogens (tertiary/aromatic N) is 5. The average molecular weight is 414 g/mol. The number of piperidine rings is 1. The number of aliphatic hydroxyl groups is 1. The summed E-state index contributed by atoms with van der Waals surface area (Å²) in [6.45, 7) is 3.73. The highest BCUT2D eigenvalue weighted by Crippen LogP contribution is 2.32. The van der Waals surface area contributed by atoms with Crippen molar-refractivity contribution in [3.8, 4) is 0 Å². The summed E-state index contributed by atoms with van der Waals surface area (Å²) in [6, 6.07) is 20.7. The first kappa shape index (κ1) is 19.5. The minimum Gasteiger partial charge on any atom is -0.494 e. The third kappa shape index (κ3) is 4.10. The number of hydrogen-bond donors (Lipinski definition) is 1. The summed E-state index contributed by atoms with van der Waals surface area (Å²) in [6.07, 6.45) is 4.64. The first-order valence-corrected chi connectivity index (χ1v) is 10.9. The number of likely N-dealkylation sites (tertiary alicyclic amines) is 1. The summed E-state index contributed by atoms with van der Waals surface area (Å²) < 4.78 is 0. The molecular weight excluding hydrogens is 386 g/mol.